The second-order valence-electron chi connectivity index (χ2n) is 6.51. The standard InChI is InChI=1S/C17H32O3Si/c1-14(2)18-21(19-15(3)4,20-16(5)6)13-9-12-17-10-7-8-11-17/h7-8,10-11,14-17H,9,12-13H2,1-6H3. The first-order valence-electron chi connectivity index (χ1n) is 8.21. The molecule has 0 N–H and O–H groups in total. The second kappa shape index (κ2) is 8.88. The van der Waals surface area contributed by atoms with Gasteiger partial charge in [-0.25, -0.2) is 0 Å². The molecule has 1 aliphatic rings. The largest absolute Gasteiger partial charge is 0.501 e. The normalized spacial score (nSPS) is 16.0. The maximum Gasteiger partial charge on any atom is 0.501 e. The SMILES string of the molecule is CC(C)O[Si](CCCC1C=CC=C1)(OC(C)C)OC(C)C. The van der Waals surface area contributed by atoms with E-state index >= 15 is 0 Å². The van der Waals surface area contributed by atoms with Gasteiger partial charge in [-0.05, 0) is 60.3 Å². The van der Waals surface area contributed by atoms with Gasteiger partial charge in [0.15, 0.2) is 0 Å². The minimum absolute atomic E-state index is 0.125. The van der Waals surface area contributed by atoms with Crippen LogP contribution in [-0.4, -0.2) is 27.1 Å². The highest BCUT2D eigenvalue weighted by atomic mass is 28.4. The lowest BCUT2D eigenvalue weighted by Crippen LogP contribution is -2.50. The molecule has 0 spiro atoms. The van der Waals surface area contributed by atoms with E-state index in [1.807, 2.05) is 0 Å². The van der Waals surface area contributed by atoms with Gasteiger partial charge in [-0.2, -0.15) is 0 Å². The summed E-state index contributed by atoms with van der Waals surface area (Å²) in [6.07, 6.45) is 11.3. The molecular formula is C17H32O3Si. The van der Waals surface area contributed by atoms with Crippen molar-refractivity contribution in [3.63, 3.8) is 0 Å². The van der Waals surface area contributed by atoms with Gasteiger partial charge in [-0.15, -0.1) is 0 Å². The molecule has 0 saturated carbocycles. The Bertz CT molecular complexity index is 309. The van der Waals surface area contributed by atoms with E-state index in [9.17, 15) is 0 Å². The number of hydrogen-bond donors (Lipinski definition) is 0. The summed E-state index contributed by atoms with van der Waals surface area (Å²) in [5, 5.41) is 0. The van der Waals surface area contributed by atoms with Crippen molar-refractivity contribution >= 4 is 8.80 Å². The number of allylic oxidation sites excluding steroid dienone is 4. The van der Waals surface area contributed by atoms with E-state index in [4.69, 9.17) is 13.3 Å². The van der Waals surface area contributed by atoms with E-state index in [-0.39, 0.29) is 18.3 Å². The van der Waals surface area contributed by atoms with Crippen molar-refractivity contribution in [2.75, 3.05) is 0 Å². The first-order chi connectivity index (χ1) is 9.83. The highest BCUT2D eigenvalue weighted by Crippen LogP contribution is 2.26. The van der Waals surface area contributed by atoms with Crippen LogP contribution in [0.3, 0.4) is 0 Å². The molecule has 0 aliphatic heterocycles. The average molecular weight is 313 g/mol. The van der Waals surface area contributed by atoms with Crippen LogP contribution < -0.4 is 0 Å². The smallest absolute Gasteiger partial charge is 0.371 e. The molecule has 0 aromatic rings. The molecule has 0 unspecified atom stereocenters. The minimum atomic E-state index is -2.60. The van der Waals surface area contributed by atoms with Crippen LogP contribution in [-0.2, 0) is 13.3 Å². The molecule has 0 radical (unpaired) electrons. The van der Waals surface area contributed by atoms with Gasteiger partial charge >= 0.3 is 8.80 Å². The van der Waals surface area contributed by atoms with Crippen LogP contribution >= 0.6 is 0 Å². The molecule has 21 heavy (non-hydrogen) atoms. The molecule has 0 fully saturated rings. The Hall–Kier alpha value is -0.423. The van der Waals surface area contributed by atoms with Crippen molar-refractivity contribution in [3.8, 4) is 0 Å². The number of rotatable bonds is 10. The quantitative estimate of drug-likeness (QED) is 0.546. The molecule has 1 aliphatic carbocycles. The Morgan fingerprint density at radius 2 is 1.24 bits per heavy atom. The third-order valence-corrected chi connectivity index (χ3v) is 6.55. The van der Waals surface area contributed by atoms with Crippen molar-refractivity contribution < 1.29 is 13.3 Å². The van der Waals surface area contributed by atoms with Crippen LogP contribution in [0.2, 0.25) is 6.04 Å². The van der Waals surface area contributed by atoms with E-state index < -0.39 is 8.80 Å². The Labute approximate surface area is 131 Å². The highest BCUT2D eigenvalue weighted by molar-refractivity contribution is 6.60. The van der Waals surface area contributed by atoms with E-state index in [0.717, 1.165) is 18.9 Å². The van der Waals surface area contributed by atoms with Gasteiger partial charge in [0, 0.05) is 24.4 Å². The fraction of sp³-hybridized carbons (Fsp3) is 0.765. The van der Waals surface area contributed by atoms with Crippen molar-refractivity contribution in [1.82, 2.24) is 0 Å². The molecule has 0 aromatic heterocycles. The fourth-order valence-corrected chi connectivity index (χ4v) is 5.87. The van der Waals surface area contributed by atoms with Crippen LogP contribution in [0, 0.1) is 5.92 Å². The molecule has 0 atom stereocenters. The molecule has 0 amide bonds. The Morgan fingerprint density at radius 1 is 0.810 bits per heavy atom. The van der Waals surface area contributed by atoms with Gasteiger partial charge < -0.3 is 13.3 Å². The van der Waals surface area contributed by atoms with Crippen molar-refractivity contribution in [1.29, 1.82) is 0 Å². The van der Waals surface area contributed by atoms with Crippen molar-refractivity contribution in [2.45, 2.75) is 78.7 Å². The predicted molar refractivity (Wildman–Crippen MR) is 90.2 cm³/mol. The maximum absolute atomic E-state index is 6.18. The van der Waals surface area contributed by atoms with Crippen molar-refractivity contribution in [2.24, 2.45) is 5.92 Å². The van der Waals surface area contributed by atoms with Crippen LogP contribution in [0.25, 0.3) is 0 Å². The lowest BCUT2D eigenvalue weighted by Gasteiger charge is -2.34. The Kier molecular flexibility index (Phi) is 7.88. The summed E-state index contributed by atoms with van der Waals surface area (Å²) < 4.78 is 18.5. The molecule has 1 rings (SSSR count). The van der Waals surface area contributed by atoms with Gasteiger partial charge in [0.25, 0.3) is 0 Å². The third kappa shape index (κ3) is 7.41. The van der Waals surface area contributed by atoms with Crippen LogP contribution in [0.5, 0.6) is 0 Å². The molecule has 0 bridgehead atoms. The lowest BCUT2D eigenvalue weighted by molar-refractivity contribution is 0.00274. The maximum atomic E-state index is 6.18. The average Bonchev–Trinajstić information content (AvgIpc) is 2.78. The highest BCUT2D eigenvalue weighted by Gasteiger charge is 2.43. The Morgan fingerprint density at radius 3 is 1.62 bits per heavy atom. The van der Waals surface area contributed by atoms with Gasteiger partial charge in [-0.3, -0.25) is 0 Å². The summed E-state index contributed by atoms with van der Waals surface area (Å²) in [5.41, 5.74) is 0. The van der Waals surface area contributed by atoms with Crippen LogP contribution in [0.4, 0.5) is 0 Å². The van der Waals surface area contributed by atoms with E-state index in [2.05, 4.69) is 65.8 Å². The molecule has 0 heterocycles. The van der Waals surface area contributed by atoms with Gasteiger partial charge in [-0.1, -0.05) is 24.3 Å². The molecule has 4 heteroatoms. The summed E-state index contributed by atoms with van der Waals surface area (Å²) in [7, 11) is -2.60. The van der Waals surface area contributed by atoms with Gasteiger partial charge in [0.1, 0.15) is 0 Å². The summed E-state index contributed by atoms with van der Waals surface area (Å²) in [5.74, 6) is 0.564. The van der Waals surface area contributed by atoms with E-state index in [1.165, 1.54) is 0 Å². The Balaban J connectivity index is 2.65. The molecular weight excluding hydrogens is 280 g/mol. The number of hydrogen-bond acceptors (Lipinski definition) is 3. The zero-order valence-electron chi connectivity index (χ0n) is 14.5. The summed E-state index contributed by atoms with van der Waals surface area (Å²) in [6, 6.07) is 0.889. The fourth-order valence-electron chi connectivity index (χ4n) is 2.56. The lowest BCUT2D eigenvalue weighted by atomic mass is 10.1. The third-order valence-electron chi connectivity index (χ3n) is 3.09. The first kappa shape index (κ1) is 18.6. The zero-order valence-corrected chi connectivity index (χ0v) is 15.5. The van der Waals surface area contributed by atoms with E-state index in [0.29, 0.717) is 5.92 Å². The minimum Gasteiger partial charge on any atom is -0.371 e. The molecule has 3 nitrogen and oxygen atoms in total. The summed E-state index contributed by atoms with van der Waals surface area (Å²) >= 11 is 0. The zero-order chi connectivity index (χ0) is 15.9. The topological polar surface area (TPSA) is 27.7 Å². The summed E-state index contributed by atoms with van der Waals surface area (Å²) in [6.45, 7) is 12.3. The van der Waals surface area contributed by atoms with Gasteiger partial charge in [0.05, 0.1) is 0 Å². The predicted octanol–water partition coefficient (Wildman–Crippen LogP) is 4.72. The monoisotopic (exact) mass is 312 g/mol. The molecule has 122 valence electrons. The molecule has 0 aromatic carbocycles. The van der Waals surface area contributed by atoms with Crippen molar-refractivity contribution in [3.05, 3.63) is 24.3 Å². The first-order valence-corrected chi connectivity index (χ1v) is 10.1. The second-order valence-corrected chi connectivity index (χ2v) is 9.08. The molecule has 0 saturated heterocycles. The van der Waals surface area contributed by atoms with Crippen LogP contribution in [0.1, 0.15) is 54.4 Å². The van der Waals surface area contributed by atoms with Crippen LogP contribution in [0.15, 0.2) is 24.3 Å². The van der Waals surface area contributed by atoms with E-state index in [1.54, 1.807) is 0 Å². The van der Waals surface area contributed by atoms with Gasteiger partial charge in [0.2, 0.25) is 0 Å². The summed E-state index contributed by atoms with van der Waals surface area (Å²) in [4.78, 5) is 0.